The van der Waals surface area contributed by atoms with Gasteiger partial charge < -0.3 is 15.1 Å². The molecule has 0 heterocycles. The molecule has 0 spiro atoms. The molecule has 3 aromatic rings. The van der Waals surface area contributed by atoms with Crippen LogP contribution in [0.2, 0.25) is 0 Å². The molecule has 0 fully saturated rings. The van der Waals surface area contributed by atoms with Gasteiger partial charge in [0.15, 0.2) is 0 Å². The second-order valence-corrected chi connectivity index (χ2v) is 8.24. The van der Waals surface area contributed by atoms with E-state index in [4.69, 9.17) is 0 Å². The van der Waals surface area contributed by atoms with Crippen LogP contribution in [0.25, 0.3) is 11.1 Å². The van der Waals surface area contributed by atoms with Gasteiger partial charge in [-0.3, -0.25) is 4.79 Å². The fraction of sp³-hybridized carbons (Fsp3) is 0.231. The van der Waals surface area contributed by atoms with Gasteiger partial charge in [0.05, 0.1) is 5.92 Å². The van der Waals surface area contributed by atoms with Crippen molar-refractivity contribution < 1.29 is 19.8 Å². The summed E-state index contributed by atoms with van der Waals surface area (Å²) in [5.41, 5.74) is 4.53. The van der Waals surface area contributed by atoms with E-state index < -0.39 is 23.4 Å². The lowest BCUT2D eigenvalue weighted by molar-refractivity contribution is -0.154. The molecular weight excluding hydrogens is 390 g/mol. The molecule has 31 heavy (non-hydrogen) atoms. The van der Waals surface area contributed by atoms with Gasteiger partial charge in [0.25, 0.3) is 0 Å². The molecule has 158 valence electrons. The summed E-state index contributed by atoms with van der Waals surface area (Å²) >= 11 is 0. The highest BCUT2D eigenvalue weighted by molar-refractivity contribution is 5.92. The van der Waals surface area contributed by atoms with Crippen molar-refractivity contribution in [3.8, 4) is 11.1 Å². The Bertz CT molecular complexity index is 1160. The van der Waals surface area contributed by atoms with Crippen LogP contribution in [0.4, 0.5) is 5.69 Å². The zero-order chi connectivity index (χ0) is 22.3. The van der Waals surface area contributed by atoms with Crippen molar-refractivity contribution in [2.24, 2.45) is 5.92 Å². The van der Waals surface area contributed by atoms with Crippen molar-refractivity contribution in [2.45, 2.75) is 25.3 Å². The number of anilines is 1. The summed E-state index contributed by atoms with van der Waals surface area (Å²) in [5, 5.41) is 19.7. The number of hydrogen-bond acceptors (Lipinski definition) is 3. The summed E-state index contributed by atoms with van der Waals surface area (Å²) in [6, 6.07) is 24.1. The third-order valence-electron chi connectivity index (χ3n) is 6.77. The largest absolute Gasteiger partial charge is 0.481 e. The predicted octanol–water partition coefficient (Wildman–Crippen LogP) is 4.85. The molecule has 0 bridgehead atoms. The first kappa shape index (κ1) is 20.7. The highest BCUT2D eigenvalue weighted by atomic mass is 16.4. The van der Waals surface area contributed by atoms with E-state index in [-0.39, 0.29) is 5.92 Å². The third kappa shape index (κ3) is 3.08. The van der Waals surface area contributed by atoms with Crippen LogP contribution in [0, 0.1) is 5.92 Å². The van der Waals surface area contributed by atoms with Gasteiger partial charge in [0, 0.05) is 18.7 Å². The Morgan fingerprint density at radius 1 is 0.903 bits per heavy atom. The lowest BCUT2D eigenvalue weighted by atomic mass is 9.83. The van der Waals surface area contributed by atoms with Crippen molar-refractivity contribution in [2.75, 3.05) is 11.9 Å². The first-order chi connectivity index (χ1) is 14.8. The smallest absolute Gasteiger partial charge is 0.330 e. The fourth-order valence-electron chi connectivity index (χ4n) is 4.63. The van der Waals surface area contributed by atoms with Gasteiger partial charge in [0.1, 0.15) is 5.54 Å². The third-order valence-corrected chi connectivity index (χ3v) is 6.77. The molecule has 0 aromatic heterocycles. The Morgan fingerprint density at radius 3 is 2.16 bits per heavy atom. The molecule has 1 aliphatic rings. The van der Waals surface area contributed by atoms with Gasteiger partial charge >= 0.3 is 11.9 Å². The van der Waals surface area contributed by atoms with Gasteiger partial charge in [-0.05, 0) is 47.7 Å². The number of rotatable bonds is 6. The summed E-state index contributed by atoms with van der Waals surface area (Å²) in [6.07, 6.45) is 0. The monoisotopic (exact) mass is 415 g/mol. The van der Waals surface area contributed by atoms with Crippen LogP contribution in [-0.4, -0.2) is 34.7 Å². The summed E-state index contributed by atoms with van der Waals surface area (Å²) in [7, 11) is 1.67. The molecule has 0 amide bonds. The standard InChI is InChI=1S/C26H25NO4/c1-16(24(28)29)26(2,25(30)31)27(3)21-15-9-14-20-18-12-7-8-13-19(18)22(23(20)21)17-10-5-4-6-11-17/h4-16,22H,1-3H3,(H,28,29)(H,30,31)/t16-,22?,26+/m1/s1. The molecule has 0 aliphatic heterocycles. The number of carboxylic acid groups (broad SMARTS) is 2. The predicted molar refractivity (Wildman–Crippen MR) is 121 cm³/mol. The highest BCUT2D eigenvalue weighted by Gasteiger charge is 2.48. The van der Waals surface area contributed by atoms with E-state index in [9.17, 15) is 19.8 Å². The van der Waals surface area contributed by atoms with Crippen LogP contribution in [0.5, 0.6) is 0 Å². The molecule has 5 nitrogen and oxygen atoms in total. The van der Waals surface area contributed by atoms with E-state index in [0.29, 0.717) is 0 Å². The average Bonchev–Trinajstić information content (AvgIpc) is 3.12. The van der Waals surface area contributed by atoms with Gasteiger partial charge in [-0.25, -0.2) is 4.79 Å². The minimum Gasteiger partial charge on any atom is -0.481 e. The number of aliphatic carboxylic acids is 2. The molecule has 2 N–H and O–H groups in total. The Labute approximate surface area is 181 Å². The first-order valence-corrected chi connectivity index (χ1v) is 10.3. The zero-order valence-corrected chi connectivity index (χ0v) is 17.7. The maximum absolute atomic E-state index is 12.3. The Balaban J connectivity index is 1.96. The van der Waals surface area contributed by atoms with Crippen molar-refractivity contribution in [1.82, 2.24) is 0 Å². The second kappa shape index (κ2) is 7.58. The van der Waals surface area contributed by atoms with Crippen LogP contribution >= 0.6 is 0 Å². The van der Waals surface area contributed by atoms with Crippen molar-refractivity contribution >= 4 is 17.6 Å². The zero-order valence-electron chi connectivity index (χ0n) is 17.7. The first-order valence-electron chi connectivity index (χ1n) is 10.3. The fourth-order valence-corrected chi connectivity index (χ4v) is 4.63. The number of benzene rings is 3. The molecule has 1 unspecified atom stereocenters. The summed E-state index contributed by atoms with van der Waals surface area (Å²) < 4.78 is 0. The number of nitrogens with zero attached hydrogens (tertiary/aromatic N) is 1. The summed E-state index contributed by atoms with van der Waals surface area (Å²) in [6.45, 7) is 2.92. The van der Waals surface area contributed by atoms with Gasteiger partial charge in [-0.15, -0.1) is 0 Å². The molecule has 1 aliphatic carbocycles. The lowest BCUT2D eigenvalue weighted by Crippen LogP contribution is -2.57. The highest BCUT2D eigenvalue weighted by Crippen LogP contribution is 2.52. The molecule has 4 rings (SSSR count). The van der Waals surface area contributed by atoms with E-state index in [1.54, 1.807) is 11.9 Å². The number of likely N-dealkylation sites (N-methyl/N-ethyl adjacent to an activating group) is 1. The number of carbonyl (C=O) groups is 2. The number of hydrogen-bond donors (Lipinski definition) is 2. The molecule has 3 aromatic carbocycles. The Kier molecular flexibility index (Phi) is 5.05. The molecule has 3 atom stereocenters. The van der Waals surface area contributed by atoms with E-state index in [1.165, 1.54) is 13.8 Å². The Morgan fingerprint density at radius 2 is 1.52 bits per heavy atom. The quantitative estimate of drug-likeness (QED) is 0.471. The van der Waals surface area contributed by atoms with Crippen LogP contribution in [0.3, 0.4) is 0 Å². The molecular formula is C26H25NO4. The lowest BCUT2D eigenvalue weighted by Gasteiger charge is -2.41. The Hall–Kier alpha value is -3.60. The van der Waals surface area contributed by atoms with Crippen LogP contribution in [0.15, 0.2) is 72.8 Å². The number of fused-ring (bicyclic) bond motifs is 3. The van der Waals surface area contributed by atoms with Crippen LogP contribution in [0.1, 0.15) is 36.5 Å². The summed E-state index contributed by atoms with van der Waals surface area (Å²) in [4.78, 5) is 25.8. The molecule has 5 heteroatoms. The van der Waals surface area contributed by atoms with Gasteiger partial charge in [0.2, 0.25) is 0 Å². The normalized spacial score (nSPS) is 17.2. The number of carboxylic acids is 2. The topological polar surface area (TPSA) is 77.8 Å². The average molecular weight is 415 g/mol. The van der Waals surface area contributed by atoms with Crippen molar-refractivity contribution in [3.63, 3.8) is 0 Å². The van der Waals surface area contributed by atoms with Gasteiger partial charge in [-0.2, -0.15) is 0 Å². The molecule has 0 saturated heterocycles. The molecule has 0 radical (unpaired) electrons. The molecule has 0 saturated carbocycles. The van der Waals surface area contributed by atoms with E-state index in [0.717, 1.165) is 33.5 Å². The van der Waals surface area contributed by atoms with Gasteiger partial charge in [-0.1, -0.05) is 66.7 Å². The van der Waals surface area contributed by atoms with Crippen molar-refractivity contribution in [3.05, 3.63) is 89.5 Å². The maximum Gasteiger partial charge on any atom is 0.330 e. The van der Waals surface area contributed by atoms with Crippen molar-refractivity contribution in [1.29, 1.82) is 0 Å². The van der Waals surface area contributed by atoms with Crippen LogP contribution < -0.4 is 4.90 Å². The van der Waals surface area contributed by atoms with Crippen LogP contribution in [-0.2, 0) is 9.59 Å². The summed E-state index contributed by atoms with van der Waals surface area (Å²) in [5.74, 6) is -3.50. The SMILES string of the molecule is C[C@H](C(=O)O)[C@@](C)(C(=O)O)N(C)c1cccc2c1C(c1ccccc1)c1ccccc1-2. The van der Waals surface area contributed by atoms with E-state index in [1.807, 2.05) is 48.5 Å². The maximum atomic E-state index is 12.3. The van der Waals surface area contributed by atoms with E-state index in [2.05, 4.69) is 24.3 Å². The van der Waals surface area contributed by atoms with E-state index >= 15 is 0 Å². The minimum absolute atomic E-state index is 0.0655. The second-order valence-electron chi connectivity index (χ2n) is 8.24. The minimum atomic E-state index is -1.63.